The maximum absolute atomic E-state index is 13.4. The summed E-state index contributed by atoms with van der Waals surface area (Å²) in [4.78, 5) is 28.1. The third kappa shape index (κ3) is 2.71. The molecule has 4 nitrogen and oxygen atoms in total. The molecular formula is C24H30N2O2. The summed E-state index contributed by atoms with van der Waals surface area (Å²) in [6.07, 6.45) is 11.4. The van der Waals surface area contributed by atoms with Crippen molar-refractivity contribution in [2.75, 3.05) is 16.8 Å². The van der Waals surface area contributed by atoms with Crippen LogP contribution in [0.3, 0.4) is 0 Å². The Morgan fingerprint density at radius 1 is 1.00 bits per heavy atom. The second-order valence-electron chi connectivity index (χ2n) is 10.4. The summed E-state index contributed by atoms with van der Waals surface area (Å²) in [6, 6.07) is 6.23. The van der Waals surface area contributed by atoms with Gasteiger partial charge in [0.2, 0.25) is 11.8 Å². The molecule has 28 heavy (non-hydrogen) atoms. The topological polar surface area (TPSA) is 49.4 Å². The van der Waals surface area contributed by atoms with Crippen molar-refractivity contribution in [3.63, 3.8) is 0 Å². The molecule has 0 spiro atoms. The van der Waals surface area contributed by atoms with Crippen molar-refractivity contribution in [1.29, 1.82) is 0 Å². The number of rotatable bonds is 3. The lowest BCUT2D eigenvalue weighted by atomic mass is 9.49. The lowest BCUT2D eigenvalue weighted by Crippen LogP contribution is -2.51. The lowest BCUT2D eigenvalue weighted by Gasteiger charge is -2.55. The summed E-state index contributed by atoms with van der Waals surface area (Å²) in [6.45, 7) is 0.814. The Hall–Kier alpha value is -1.84. The van der Waals surface area contributed by atoms with Crippen LogP contribution in [0.25, 0.3) is 0 Å². The van der Waals surface area contributed by atoms with E-state index >= 15 is 0 Å². The third-order valence-corrected chi connectivity index (χ3v) is 8.17. The number of anilines is 2. The minimum absolute atomic E-state index is 0.131. The van der Waals surface area contributed by atoms with Crippen LogP contribution in [-0.2, 0) is 16.0 Å². The molecule has 6 aliphatic rings. The number of carbonyl (C=O) groups excluding carboxylic acids is 2. The molecule has 0 saturated heterocycles. The van der Waals surface area contributed by atoms with Gasteiger partial charge >= 0.3 is 0 Å². The van der Waals surface area contributed by atoms with E-state index in [4.69, 9.17) is 0 Å². The average molecular weight is 379 g/mol. The second-order valence-corrected chi connectivity index (χ2v) is 10.4. The molecule has 0 radical (unpaired) electrons. The number of nitrogens with zero attached hydrogens (tertiary/aromatic N) is 1. The number of aryl methyl sites for hydroxylation is 1. The highest BCUT2D eigenvalue weighted by molar-refractivity contribution is 6.00. The maximum atomic E-state index is 13.4. The van der Waals surface area contributed by atoms with Gasteiger partial charge in [-0.1, -0.05) is 6.07 Å². The smallest absolute Gasteiger partial charge is 0.230 e. The molecule has 0 aromatic heterocycles. The van der Waals surface area contributed by atoms with E-state index in [9.17, 15) is 9.59 Å². The summed E-state index contributed by atoms with van der Waals surface area (Å²) >= 11 is 0. The standard InChI is InChI=1S/C24H30N2O2/c27-22(19-3-4-19)26-7-1-2-18-5-6-20(11-21(18)26)25-23(28)24-12-15-8-16(13-24)10-17(9-15)14-24/h5-6,11,15-17,19H,1-4,7-10,12-14H2,(H,25,28). The number of hydrogen-bond acceptors (Lipinski definition) is 2. The molecule has 1 heterocycles. The van der Waals surface area contributed by atoms with E-state index < -0.39 is 0 Å². The van der Waals surface area contributed by atoms with Gasteiger partial charge in [0.25, 0.3) is 0 Å². The zero-order valence-electron chi connectivity index (χ0n) is 16.6. The van der Waals surface area contributed by atoms with E-state index in [2.05, 4.69) is 17.4 Å². The van der Waals surface area contributed by atoms with Crippen molar-refractivity contribution >= 4 is 23.2 Å². The van der Waals surface area contributed by atoms with Gasteiger partial charge in [-0.05, 0) is 99.7 Å². The molecule has 1 aromatic rings. The number of amides is 2. The van der Waals surface area contributed by atoms with Crippen molar-refractivity contribution < 1.29 is 9.59 Å². The van der Waals surface area contributed by atoms with E-state index in [1.54, 1.807) is 0 Å². The minimum Gasteiger partial charge on any atom is -0.326 e. The van der Waals surface area contributed by atoms with Gasteiger partial charge in [0.05, 0.1) is 5.41 Å². The maximum Gasteiger partial charge on any atom is 0.230 e. The van der Waals surface area contributed by atoms with Crippen LogP contribution in [0.15, 0.2) is 18.2 Å². The summed E-state index contributed by atoms with van der Waals surface area (Å²) in [5.74, 6) is 3.07. The molecule has 5 saturated carbocycles. The van der Waals surface area contributed by atoms with Crippen molar-refractivity contribution in [3.8, 4) is 0 Å². The number of benzene rings is 1. The van der Waals surface area contributed by atoms with Gasteiger partial charge < -0.3 is 10.2 Å². The van der Waals surface area contributed by atoms with E-state index in [0.29, 0.717) is 0 Å². The molecule has 148 valence electrons. The molecule has 1 aromatic carbocycles. The van der Waals surface area contributed by atoms with Gasteiger partial charge in [0.1, 0.15) is 0 Å². The second kappa shape index (κ2) is 6.08. The number of fused-ring (bicyclic) bond motifs is 1. The van der Waals surface area contributed by atoms with Crippen LogP contribution in [0, 0.1) is 29.1 Å². The Bertz CT molecular complexity index is 806. The fourth-order valence-electron chi connectivity index (χ4n) is 7.08. The number of carbonyl (C=O) groups is 2. The predicted octanol–water partition coefficient (Wildman–Crippen LogP) is 4.53. The van der Waals surface area contributed by atoms with Gasteiger partial charge in [-0.2, -0.15) is 0 Å². The number of nitrogens with one attached hydrogen (secondary N) is 1. The fraction of sp³-hybridized carbons (Fsp3) is 0.667. The quantitative estimate of drug-likeness (QED) is 0.840. The van der Waals surface area contributed by atoms with Crippen LogP contribution in [0.5, 0.6) is 0 Å². The van der Waals surface area contributed by atoms with Gasteiger partial charge in [-0.3, -0.25) is 9.59 Å². The first-order valence-electron chi connectivity index (χ1n) is 11.4. The molecule has 7 rings (SSSR count). The first-order valence-corrected chi connectivity index (χ1v) is 11.4. The van der Waals surface area contributed by atoms with Gasteiger partial charge in [-0.15, -0.1) is 0 Å². The van der Waals surface area contributed by atoms with Crippen LogP contribution < -0.4 is 10.2 Å². The summed E-state index contributed by atoms with van der Waals surface area (Å²) < 4.78 is 0. The molecule has 0 unspecified atom stereocenters. The average Bonchev–Trinajstić information content (AvgIpc) is 3.51. The summed E-state index contributed by atoms with van der Waals surface area (Å²) in [5.41, 5.74) is 3.02. The molecule has 2 amide bonds. The SMILES string of the molecule is O=C(C1CC1)N1CCCc2ccc(NC(=O)C34CC5CC(CC(C5)C3)C4)cc21. The molecule has 1 N–H and O–H groups in total. The largest absolute Gasteiger partial charge is 0.326 e. The van der Waals surface area contributed by atoms with E-state index in [-0.39, 0.29) is 23.1 Å². The number of hydrogen-bond donors (Lipinski definition) is 1. The predicted molar refractivity (Wildman–Crippen MR) is 109 cm³/mol. The molecular weight excluding hydrogens is 348 g/mol. The third-order valence-electron chi connectivity index (χ3n) is 8.17. The normalized spacial score (nSPS) is 35.6. The Kier molecular flexibility index (Phi) is 3.70. The molecule has 5 aliphatic carbocycles. The molecule has 1 aliphatic heterocycles. The van der Waals surface area contributed by atoms with Gasteiger partial charge in [-0.25, -0.2) is 0 Å². The van der Waals surface area contributed by atoms with E-state index in [1.807, 2.05) is 11.0 Å². The molecule has 4 bridgehead atoms. The highest BCUT2D eigenvalue weighted by atomic mass is 16.2. The van der Waals surface area contributed by atoms with Crippen molar-refractivity contribution in [2.24, 2.45) is 29.1 Å². The van der Waals surface area contributed by atoms with Crippen LogP contribution in [0.2, 0.25) is 0 Å². The van der Waals surface area contributed by atoms with Gasteiger partial charge in [0, 0.05) is 23.8 Å². The first-order chi connectivity index (χ1) is 13.6. The zero-order chi connectivity index (χ0) is 18.9. The highest BCUT2D eigenvalue weighted by Gasteiger charge is 2.54. The minimum atomic E-state index is -0.131. The first kappa shape index (κ1) is 17.1. The molecule has 4 heteroatoms. The highest BCUT2D eigenvalue weighted by Crippen LogP contribution is 2.60. The lowest BCUT2D eigenvalue weighted by molar-refractivity contribution is -0.140. The Morgan fingerprint density at radius 2 is 1.68 bits per heavy atom. The Morgan fingerprint density at radius 3 is 2.32 bits per heavy atom. The molecule has 0 atom stereocenters. The van der Waals surface area contributed by atoms with Crippen molar-refractivity contribution in [2.45, 2.75) is 64.2 Å². The zero-order valence-corrected chi connectivity index (χ0v) is 16.6. The van der Waals surface area contributed by atoms with Crippen LogP contribution in [-0.4, -0.2) is 18.4 Å². The van der Waals surface area contributed by atoms with E-state index in [0.717, 1.165) is 80.6 Å². The monoisotopic (exact) mass is 378 g/mol. The van der Waals surface area contributed by atoms with Gasteiger partial charge in [0.15, 0.2) is 0 Å². The summed E-state index contributed by atoms with van der Waals surface area (Å²) in [5, 5.41) is 3.28. The van der Waals surface area contributed by atoms with Crippen molar-refractivity contribution in [1.82, 2.24) is 0 Å². The Labute approximate surface area is 167 Å². The van der Waals surface area contributed by atoms with E-state index in [1.165, 1.54) is 24.8 Å². The van der Waals surface area contributed by atoms with Crippen molar-refractivity contribution in [3.05, 3.63) is 23.8 Å². The van der Waals surface area contributed by atoms with Crippen LogP contribution in [0.1, 0.15) is 63.4 Å². The van der Waals surface area contributed by atoms with Crippen LogP contribution in [0.4, 0.5) is 11.4 Å². The summed E-state index contributed by atoms with van der Waals surface area (Å²) in [7, 11) is 0. The molecule has 5 fully saturated rings. The van der Waals surface area contributed by atoms with Crippen LogP contribution >= 0.6 is 0 Å². The fourth-order valence-corrected chi connectivity index (χ4v) is 7.08. The Balaban J connectivity index is 1.25.